The lowest BCUT2D eigenvalue weighted by Gasteiger charge is -2.14. The molecule has 1 aromatic rings. The van der Waals surface area contributed by atoms with E-state index in [-0.39, 0.29) is 18.7 Å². The molecule has 0 radical (unpaired) electrons. The first kappa shape index (κ1) is 17.6. The maximum absolute atomic E-state index is 11.7. The van der Waals surface area contributed by atoms with Gasteiger partial charge >= 0.3 is 6.03 Å². The van der Waals surface area contributed by atoms with Gasteiger partial charge in [-0.3, -0.25) is 4.79 Å². The average Bonchev–Trinajstić information content (AvgIpc) is 2.50. The normalized spacial score (nSPS) is 11.4. The SMILES string of the molecule is CC[C@H](C)NC(=O)NCc1ccc(OCC(N)=O)c(OC)c1. The van der Waals surface area contributed by atoms with E-state index in [0.717, 1.165) is 12.0 Å². The van der Waals surface area contributed by atoms with Crippen molar-refractivity contribution < 1.29 is 19.1 Å². The van der Waals surface area contributed by atoms with Gasteiger partial charge in [-0.2, -0.15) is 0 Å². The highest BCUT2D eigenvalue weighted by Gasteiger charge is 2.09. The molecule has 0 aliphatic rings. The zero-order valence-electron chi connectivity index (χ0n) is 13.1. The van der Waals surface area contributed by atoms with Gasteiger partial charge in [0.2, 0.25) is 0 Å². The van der Waals surface area contributed by atoms with Gasteiger partial charge in [-0.05, 0) is 31.0 Å². The van der Waals surface area contributed by atoms with Gasteiger partial charge in [0.25, 0.3) is 5.91 Å². The molecule has 0 heterocycles. The van der Waals surface area contributed by atoms with Crippen LogP contribution in [-0.4, -0.2) is 31.7 Å². The number of ether oxygens (including phenoxy) is 2. The van der Waals surface area contributed by atoms with Crippen LogP contribution in [0, 0.1) is 0 Å². The van der Waals surface area contributed by atoms with E-state index in [4.69, 9.17) is 15.2 Å². The number of urea groups is 1. The summed E-state index contributed by atoms with van der Waals surface area (Å²) in [5, 5.41) is 5.58. The van der Waals surface area contributed by atoms with Gasteiger partial charge in [0.1, 0.15) is 0 Å². The van der Waals surface area contributed by atoms with Gasteiger partial charge < -0.3 is 25.8 Å². The molecule has 0 fully saturated rings. The molecule has 0 aliphatic carbocycles. The van der Waals surface area contributed by atoms with Crippen LogP contribution >= 0.6 is 0 Å². The molecule has 0 bridgehead atoms. The Morgan fingerprint density at radius 3 is 2.64 bits per heavy atom. The van der Waals surface area contributed by atoms with E-state index in [9.17, 15) is 9.59 Å². The minimum Gasteiger partial charge on any atom is -0.493 e. The molecule has 0 aliphatic heterocycles. The van der Waals surface area contributed by atoms with E-state index in [1.165, 1.54) is 7.11 Å². The van der Waals surface area contributed by atoms with Crippen LogP contribution in [0.5, 0.6) is 11.5 Å². The molecular weight excluding hydrogens is 286 g/mol. The van der Waals surface area contributed by atoms with Crippen LogP contribution in [0.4, 0.5) is 4.79 Å². The first-order chi connectivity index (χ1) is 10.5. The number of nitrogens with two attached hydrogens (primary N) is 1. The van der Waals surface area contributed by atoms with Gasteiger partial charge in [0, 0.05) is 12.6 Å². The topological polar surface area (TPSA) is 103 Å². The van der Waals surface area contributed by atoms with Crippen LogP contribution in [0.15, 0.2) is 18.2 Å². The highest BCUT2D eigenvalue weighted by atomic mass is 16.5. The van der Waals surface area contributed by atoms with E-state index >= 15 is 0 Å². The van der Waals surface area contributed by atoms with E-state index in [2.05, 4.69) is 10.6 Å². The summed E-state index contributed by atoms with van der Waals surface area (Å²) in [6.45, 7) is 4.08. The van der Waals surface area contributed by atoms with Gasteiger partial charge in [-0.25, -0.2) is 4.79 Å². The van der Waals surface area contributed by atoms with Crippen molar-refractivity contribution in [2.45, 2.75) is 32.9 Å². The smallest absolute Gasteiger partial charge is 0.315 e. The second-order valence-electron chi connectivity index (χ2n) is 4.88. The number of carbonyl (C=O) groups is 2. The maximum Gasteiger partial charge on any atom is 0.315 e. The number of benzene rings is 1. The van der Waals surface area contributed by atoms with Crippen molar-refractivity contribution in [2.75, 3.05) is 13.7 Å². The Hall–Kier alpha value is -2.44. The predicted molar refractivity (Wildman–Crippen MR) is 82.8 cm³/mol. The lowest BCUT2D eigenvalue weighted by molar-refractivity contribution is -0.119. The van der Waals surface area contributed by atoms with Gasteiger partial charge in [0.15, 0.2) is 18.1 Å². The molecule has 1 atom stereocenters. The number of nitrogens with one attached hydrogen (secondary N) is 2. The lowest BCUT2D eigenvalue weighted by Crippen LogP contribution is -2.40. The van der Waals surface area contributed by atoms with Gasteiger partial charge in [-0.15, -0.1) is 0 Å². The third-order valence-electron chi connectivity index (χ3n) is 3.04. The molecule has 0 unspecified atom stereocenters. The zero-order valence-corrected chi connectivity index (χ0v) is 13.1. The number of amides is 3. The van der Waals surface area contributed by atoms with Gasteiger partial charge in [-0.1, -0.05) is 13.0 Å². The van der Waals surface area contributed by atoms with Crippen LogP contribution in [-0.2, 0) is 11.3 Å². The number of methoxy groups -OCH3 is 1. The quantitative estimate of drug-likeness (QED) is 0.670. The fourth-order valence-corrected chi connectivity index (χ4v) is 1.65. The molecule has 0 spiro atoms. The molecular formula is C15H23N3O4. The summed E-state index contributed by atoms with van der Waals surface area (Å²) in [6.07, 6.45) is 0.868. The summed E-state index contributed by atoms with van der Waals surface area (Å²) < 4.78 is 10.4. The maximum atomic E-state index is 11.7. The van der Waals surface area contributed by atoms with Crippen molar-refractivity contribution in [2.24, 2.45) is 5.73 Å². The molecule has 4 N–H and O–H groups in total. The van der Waals surface area contributed by atoms with Crippen LogP contribution in [0.25, 0.3) is 0 Å². The van der Waals surface area contributed by atoms with Gasteiger partial charge in [0.05, 0.1) is 7.11 Å². The molecule has 22 heavy (non-hydrogen) atoms. The summed E-state index contributed by atoms with van der Waals surface area (Å²) in [5.41, 5.74) is 5.88. The highest BCUT2D eigenvalue weighted by Crippen LogP contribution is 2.27. The van der Waals surface area contributed by atoms with Crippen LogP contribution in [0.3, 0.4) is 0 Å². The van der Waals surface area contributed by atoms with Crippen molar-refractivity contribution in [1.82, 2.24) is 10.6 Å². The second kappa shape index (κ2) is 8.76. The monoisotopic (exact) mass is 309 g/mol. The number of hydrogen-bond acceptors (Lipinski definition) is 4. The number of primary amides is 1. The summed E-state index contributed by atoms with van der Waals surface area (Å²) in [6, 6.07) is 5.09. The third-order valence-corrected chi connectivity index (χ3v) is 3.04. The zero-order chi connectivity index (χ0) is 16.5. The Morgan fingerprint density at radius 2 is 2.05 bits per heavy atom. The molecule has 1 aromatic carbocycles. The van der Waals surface area contributed by atoms with Crippen LogP contribution in [0.1, 0.15) is 25.8 Å². The molecule has 7 heteroatoms. The first-order valence-electron chi connectivity index (χ1n) is 7.08. The standard InChI is InChI=1S/C15H23N3O4/c1-4-10(2)18-15(20)17-8-11-5-6-12(13(7-11)21-3)22-9-14(16)19/h5-7,10H,4,8-9H2,1-3H3,(H2,16,19)(H2,17,18,20)/t10-/m0/s1. The van der Waals surface area contributed by atoms with Crippen LogP contribution < -0.4 is 25.8 Å². The number of rotatable bonds is 8. The average molecular weight is 309 g/mol. The fraction of sp³-hybridized carbons (Fsp3) is 0.467. The molecule has 7 nitrogen and oxygen atoms in total. The Kier molecular flexibility index (Phi) is 7.01. The molecule has 0 saturated heterocycles. The van der Waals surface area contributed by atoms with E-state index in [0.29, 0.717) is 18.0 Å². The number of carbonyl (C=O) groups excluding carboxylic acids is 2. The molecule has 3 amide bonds. The summed E-state index contributed by atoms with van der Waals surface area (Å²) in [4.78, 5) is 22.4. The van der Waals surface area contributed by atoms with E-state index in [1.54, 1.807) is 18.2 Å². The van der Waals surface area contributed by atoms with E-state index in [1.807, 2.05) is 13.8 Å². The predicted octanol–water partition coefficient (Wildman–Crippen LogP) is 1.16. The Morgan fingerprint density at radius 1 is 1.32 bits per heavy atom. The molecule has 122 valence electrons. The number of hydrogen-bond donors (Lipinski definition) is 3. The third kappa shape index (κ3) is 5.90. The first-order valence-corrected chi connectivity index (χ1v) is 7.08. The Bertz CT molecular complexity index is 520. The minimum absolute atomic E-state index is 0.124. The summed E-state index contributed by atoms with van der Waals surface area (Å²) >= 11 is 0. The lowest BCUT2D eigenvalue weighted by atomic mass is 10.2. The van der Waals surface area contributed by atoms with Crippen molar-refractivity contribution in [3.05, 3.63) is 23.8 Å². The molecule has 0 aromatic heterocycles. The second-order valence-corrected chi connectivity index (χ2v) is 4.88. The van der Waals surface area contributed by atoms with Crippen molar-refractivity contribution in [3.8, 4) is 11.5 Å². The van der Waals surface area contributed by atoms with Crippen molar-refractivity contribution >= 4 is 11.9 Å². The molecule has 1 rings (SSSR count). The Balaban J connectivity index is 2.61. The highest BCUT2D eigenvalue weighted by molar-refractivity contribution is 5.75. The van der Waals surface area contributed by atoms with Crippen LogP contribution in [0.2, 0.25) is 0 Å². The largest absolute Gasteiger partial charge is 0.493 e. The Labute approximate surface area is 130 Å². The van der Waals surface area contributed by atoms with Crippen molar-refractivity contribution in [3.63, 3.8) is 0 Å². The van der Waals surface area contributed by atoms with Crippen molar-refractivity contribution in [1.29, 1.82) is 0 Å². The minimum atomic E-state index is -0.561. The fourth-order valence-electron chi connectivity index (χ4n) is 1.65. The van der Waals surface area contributed by atoms with E-state index < -0.39 is 5.91 Å². The summed E-state index contributed by atoms with van der Waals surface area (Å²) in [5.74, 6) is 0.339. The molecule has 0 saturated carbocycles. The summed E-state index contributed by atoms with van der Waals surface area (Å²) in [7, 11) is 1.50.